The molecule has 4 heterocycles. The van der Waals surface area contributed by atoms with Crippen molar-refractivity contribution >= 4 is 33.8 Å². The Bertz CT molecular complexity index is 1770. The molecule has 10 nitrogen and oxygen atoms in total. The highest BCUT2D eigenvalue weighted by Crippen LogP contribution is 2.45. The van der Waals surface area contributed by atoms with Crippen LogP contribution in [0.1, 0.15) is 31.7 Å². The SMILES string of the molecule is CCc1c(F)ccc2cc(OCOC)cc(-c3nc4c5c(nc(OCC6(C=O)CC6)nc5c3F)N3CCCOC[C@H]3CO4)c12. The van der Waals surface area contributed by atoms with Gasteiger partial charge in [-0.3, -0.25) is 0 Å². The molecule has 3 aliphatic rings. The van der Waals surface area contributed by atoms with Gasteiger partial charge in [0, 0.05) is 25.8 Å². The third-order valence-corrected chi connectivity index (χ3v) is 8.56. The van der Waals surface area contributed by atoms with Gasteiger partial charge >= 0.3 is 6.01 Å². The van der Waals surface area contributed by atoms with Crippen LogP contribution in [0.25, 0.3) is 32.9 Å². The number of pyridine rings is 1. The van der Waals surface area contributed by atoms with Gasteiger partial charge in [0.2, 0.25) is 5.88 Å². The van der Waals surface area contributed by atoms with Crippen molar-refractivity contribution in [2.75, 3.05) is 51.8 Å². The summed E-state index contributed by atoms with van der Waals surface area (Å²) < 4.78 is 61.0. The molecule has 12 heteroatoms. The molecule has 1 aliphatic carbocycles. The van der Waals surface area contributed by atoms with Gasteiger partial charge in [-0.05, 0) is 60.2 Å². The molecule has 44 heavy (non-hydrogen) atoms. The fraction of sp³-hybridized carbons (Fsp3) is 0.438. The Hall–Kier alpha value is -4.16. The number of aryl methyl sites for hydroxylation is 1. The van der Waals surface area contributed by atoms with Crippen LogP contribution in [0.4, 0.5) is 14.6 Å². The molecule has 7 rings (SSSR count). The van der Waals surface area contributed by atoms with E-state index in [1.807, 2.05) is 11.8 Å². The van der Waals surface area contributed by atoms with Crippen molar-refractivity contribution in [3.63, 3.8) is 0 Å². The van der Waals surface area contributed by atoms with Gasteiger partial charge in [-0.15, -0.1) is 0 Å². The Labute approximate surface area is 252 Å². The molecule has 0 unspecified atom stereocenters. The van der Waals surface area contributed by atoms with E-state index in [4.69, 9.17) is 33.7 Å². The molecule has 0 radical (unpaired) electrons. The van der Waals surface area contributed by atoms with Gasteiger partial charge in [0.15, 0.2) is 12.6 Å². The van der Waals surface area contributed by atoms with Crippen LogP contribution in [-0.4, -0.2) is 74.2 Å². The molecular weight excluding hydrogens is 574 g/mol. The van der Waals surface area contributed by atoms with E-state index >= 15 is 8.78 Å². The minimum atomic E-state index is -0.738. The second-order valence-corrected chi connectivity index (χ2v) is 11.5. The number of hydrogen-bond donors (Lipinski definition) is 0. The van der Waals surface area contributed by atoms with Crippen LogP contribution in [0.3, 0.4) is 0 Å². The molecule has 0 N–H and O–H groups in total. The van der Waals surface area contributed by atoms with Gasteiger partial charge in [0.25, 0.3) is 0 Å². The van der Waals surface area contributed by atoms with Crippen molar-refractivity contribution in [1.29, 1.82) is 0 Å². The predicted molar refractivity (Wildman–Crippen MR) is 157 cm³/mol. The molecule has 1 saturated carbocycles. The van der Waals surface area contributed by atoms with E-state index in [9.17, 15) is 4.79 Å². The number of benzene rings is 2. The normalized spacial score (nSPS) is 18.7. The summed E-state index contributed by atoms with van der Waals surface area (Å²) in [4.78, 5) is 27.6. The number of aromatic nitrogens is 3. The zero-order valence-corrected chi connectivity index (χ0v) is 24.5. The monoisotopic (exact) mass is 606 g/mol. The van der Waals surface area contributed by atoms with Crippen molar-refractivity contribution in [3.8, 4) is 28.9 Å². The summed E-state index contributed by atoms with van der Waals surface area (Å²) in [5, 5.41) is 1.48. The van der Waals surface area contributed by atoms with Crippen LogP contribution in [0.15, 0.2) is 24.3 Å². The number of rotatable bonds is 9. The summed E-state index contributed by atoms with van der Waals surface area (Å²) in [6.45, 7) is 3.70. The fourth-order valence-corrected chi connectivity index (χ4v) is 5.98. The van der Waals surface area contributed by atoms with Crippen molar-refractivity contribution in [2.45, 2.75) is 38.6 Å². The molecule has 0 amide bonds. The first-order chi connectivity index (χ1) is 21.4. The van der Waals surface area contributed by atoms with Crippen LogP contribution in [0.2, 0.25) is 0 Å². The minimum absolute atomic E-state index is 0.0341. The van der Waals surface area contributed by atoms with Crippen LogP contribution >= 0.6 is 0 Å². The zero-order chi connectivity index (χ0) is 30.4. The average molecular weight is 607 g/mol. The van der Waals surface area contributed by atoms with Crippen molar-refractivity contribution in [3.05, 3.63) is 41.5 Å². The number of ether oxygens (including phenoxy) is 5. The van der Waals surface area contributed by atoms with Crippen molar-refractivity contribution in [1.82, 2.24) is 15.0 Å². The van der Waals surface area contributed by atoms with Crippen LogP contribution in [0, 0.1) is 17.0 Å². The number of fused-ring (bicyclic) bond motifs is 3. The van der Waals surface area contributed by atoms with Crippen LogP contribution < -0.4 is 19.1 Å². The highest BCUT2D eigenvalue weighted by Gasteiger charge is 2.44. The second kappa shape index (κ2) is 11.4. The summed E-state index contributed by atoms with van der Waals surface area (Å²) in [5.41, 5.74) is 0.0649. The smallest absolute Gasteiger partial charge is 0.319 e. The maximum absolute atomic E-state index is 17.0. The molecule has 4 aromatic rings. The van der Waals surface area contributed by atoms with Crippen LogP contribution in [-0.2, 0) is 20.7 Å². The van der Waals surface area contributed by atoms with Gasteiger partial charge in [-0.2, -0.15) is 9.97 Å². The Morgan fingerprint density at radius 2 is 1.98 bits per heavy atom. The molecule has 0 bridgehead atoms. The van der Waals surface area contributed by atoms with E-state index in [0.717, 1.165) is 12.7 Å². The van der Waals surface area contributed by atoms with Gasteiger partial charge in [-0.1, -0.05) is 13.0 Å². The lowest BCUT2D eigenvalue weighted by atomic mass is 9.94. The highest BCUT2D eigenvalue weighted by molar-refractivity contribution is 6.03. The second-order valence-electron chi connectivity index (χ2n) is 11.5. The quantitative estimate of drug-likeness (QED) is 0.191. The number of anilines is 1. The molecule has 2 aliphatic heterocycles. The van der Waals surface area contributed by atoms with Gasteiger partial charge in [-0.25, -0.2) is 13.8 Å². The largest absolute Gasteiger partial charge is 0.475 e. The topological polar surface area (TPSA) is 105 Å². The molecule has 2 aromatic heterocycles. The van der Waals surface area contributed by atoms with Crippen molar-refractivity contribution < 1.29 is 37.3 Å². The first-order valence-corrected chi connectivity index (χ1v) is 14.8. The number of nitrogens with zero attached hydrogens (tertiary/aromatic N) is 4. The number of carbonyl (C=O) groups is 1. The molecule has 1 saturated heterocycles. The number of halogens is 2. The first kappa shape index (κ1) is 28.6. The van der Waals surface area contributed by atoms with E-state index in [0.29, 0.717) is 77.9 Å². The maximum atomic E-state index is 17.0. The van der Waals surface area contributed by atoms with Crippen LogP contribution in [0.5, 0.6) is 17.6 Å². The lowest BCUT2D eigenvalue weighted by Gasteiger charge is -2.28. The van der Waals surface area contributed by atoms with E-state index in [2.05, 4.69) is 4.98 Å². The van der Waals surface area contributed by atoms with Gasteiger partial charge < -0.3 is 33.4 Å². The van der Waals surface area contributed by atoms with E-state index < -0.39 is 17.0 Å². The van der Waals surface area contributed by atoms with E-state index in [1.165, 1.54) is 13.2 Å². The standard InChI is InChI=1S/C32H32F2N4O6/c1-3-21-23(33)6-5-18-11-20(44-17-40-2)12-22(24(18)21)27-26(34)28-25-29(37-31(36-28)43-16-32(15-39)7-8-32)38-9-4-10-41-13-19(38)14-42-30(25)35-27/h5-6,11-12,15,19H,3-4,7-10,13-14,16-17H2,1-2H3/t19-/m0/s1. The fourth-order valence-electron chi connectivity index (χ4n) is 5.98. The maximum Gasteiger partial charge on any atom is 0.319 e. The third-order valence-electron chi connectivity index (χ3n) is 8.56. The van der Waals surface area contributed by atoms with Gasteiger partial charge in [0.05, 0.1) is 18.1 Å². The van der Waals surface area contributed by atoms with Gasteiger partial charge in [0.1, 0.15) is 53.5 Å². The highest BCUT2D eigenvalue weighted by atomic mass is 19.1. The molecule has 0 spiro atoms. The summed E-state index contributed by atoms with van der Waals surface area (Å²) in [7, 11) is 1.50. The first-order valence-electron chi connectivity index (χ1n) is 14.8. The summed E-state index contributed by atoms with van der Waals surface area (Å²) >= 11 is 0. The summed E-state index contributed by atoms with van der Waals surface area (Å²) in [5.74, 6) is -0.150. The third kappa shape index (κ3) is 4.95. The predicted octanol–water partition coefficient (Wildman–Crippen LogP) is 5.01. The van der Waals surface area contributed by atoms with E-state index in [1.54, 1.807) is 18.2 Å². The molecule has 2 fully saturated rings. The summed E-state index contributed by atoms with van der Waals surface area (Å²) in [6.07, 6.45) is 3.43. The Balaban J connectivity index is 1.48. The van der Waals surface area contributed by atoms with E-state index in [-0.39, 0.29) is 49.1 Å². The van der Waals surface area contributed by atoms with Crippen molar-refractivity contribution in [2.24, 2.45) is 5.41 Å². The number of aldehydes is 1. The molecule has 230 valence electrons. The minimum Gasteiger partial charge on any atom is -0.475 e. The molecule has 1 atom stereocenters. The number of carbonyl (C=O) groups excluding carboxylic acids is 1. The number of methoxy groups -OCH3 is 1. The zero-order valence-electron chi connectivity index (χ0n) is 24.5. The Morgan fingerprint density at radius 1 is 1.11 bits per heavy atom. The Morgan fingerprint density at radius 3 is 2.75 bits per heavy atom. The molecule has 2 aromatic carbocycles. The average Bonchev–Trinajstić information content (AvgIpc) is 3.87. The lowest BCUT2D eigenvalue weighted by Crippen LogP contribution is -2.41. The molecular formula is C32H32F2N4O6. The Kier molecular flexibility index (Phi) is 7.41. The summed E-state index contributed by atoms with van der Waals surface area (Å²) in [6, 6.07) is 6.15. The lowest BCUT2D eigenvalue weighted by molar-refractivity contribution is -0.113. The number of hydrogen-bond acceptors (Lipinski definition) is 10.